The number of hydrogen-bond acceptors (Lipinski definition) is 9. The van der Waals surface area contributed by atoms with Crippen molar-refractivity contribution in [2.75, 3.05) is 19.8 Å². The Hall–Kier alpha value is -2.13. The zero-order chi connectivity index (χ0) is 43.4. The lowest BCUT2D eigenvalue weighted by molar-refractivity contribution is -0.161. The molecule has 10 nitrogen and oxygen atoms in total. The minimum absolute atomic E-state index is 0.105. The van der Waals surface area contributed by atoms with Crippen molar-refractivity contribution in [3.05, 3.63) is 22.3 Å². The Balaban J connectivity index is 1.79. The van der Waals surface area contributed by atoms with Gasteiger partial charge in [0.2, 0.25) is 0 Å². The molecule has 2 unspecified atom stereocenters. The number of rotatable bonds is 36. The first kappa shape index (κ1) is 53.0. The molecule has 1 aromatic carbocycles. The Morgan fingerprint density at radius 3 is 1.61 bits per heavy atom. The second-order valence-electron chi connectivity index (χ2n) is 17.5. The summed E-state index contributed by atoms with van der Waals surface area (Å²) in [6.07, 6.45) is 29.7. The van der Waals surface area contributed by atoms with Crippen LogP contribution in [0.4, 0.5) is 0 Å². The average molecular weight is 853 g/mol. The van der Waals surface area contributed by atoms with Crippen LogP contribution in [0.2, 0.25) is 0 Å². The van der Waals surface area contributed by atoms with Gasteiger partial charge in [0, 0.05) is 24.8 Å². The highest BCUT2D eigenvalue weighted by molar-refractivity contribution is 7.47. The highest BCUT2D eigenvalue weighted by Gasteiger charge is 2.36. The summed E-state index contributed by atoms with van der Waals surface area (Å²) in [7, 11) is -4.55. The molecule has 59 heavy (non-hydrogen) atoms. The van der Waals surface area contributed by atoms with E-state index < -0.39 is 32.1 Å². The minimum atomic E-state index is -4.55. The first-order chi connectivity index (χ1) is 28.3. The molecule has 0 saturated carbocycles. The lowest BCUT2D eigenvalue weighted by Gasteiger charge is -2.38. The predicted molar refractivity (Wildman–Crippen MR) is 238 cm³/mol. The molecule has 0 spiro atoms. The molecular formula is C48H85O10P. The van der Waals surface area contributed by atoms with E-state index in [0.717, 1.165) is 66.5 Å². The van der Waals surface area contributed by atoms with Crippen molar-refractivity contribution in [1.29, 1.82) is 0 Å². The number of ether oxygens (including phenoxy) is 3. The Morgan fingerprint density at radius 2 is 1.12 bits per heavy atom. The molecule has 11 heteroatoms. The average Bonchev–Trinajstić information content (AvgIpc) is 3.20. The van der Waals surface area contributed by atoms with Gasteiger partial charge in [-0.2, -0.15) is 0 Å². The van der Waals surface area contributed by atoms with Gasteiger partial charge in [-0.25, -0.2) is 4.57 Å². The number of phenolic OH excluding ortho intramolecular Hbond substituents is 1. The van der Waals surface area contributed by atoms with Gasteiger partial charge in [-0.1, -0.05) is 155 Å². The van der Waals surface area contributed by atoms with Gasteiger partial charge in [-0.3, -0.25) is 18.6 Å². The van der Waals surface area contributed by atoms with Gasteiger partial charge in [0.05, 0.1) is 13.2 Å². The van der Waals surface area contributed by atoms with Crippen LogP contribution in [-0.2, 0) is 39.1 Å². The van der Waals surface area contributed by atoms with Crippen LogP contribution in [0.1, 0.15) is 223 Å². The predicted octanol–water partition coefficient (Wildman–Crippen LogP) is 13.6. The zero-order valence-electron chi connectivity index (χ0n) is 38.3. The number of esters is 2. The molecule has 0 aromatic heterocycles. The lowest BCUT2D eigenvalue weighted by Crippen LogP contribution is -2.38. The van der Waals surface area contributed by atoms with Gasteiger partial charge >= 0.3 is 19.8 Å². The van der Waals surface area contributed by atoms with E-state index in [0.29, 0.717) is 25.7 Å². The fourth-order valence-electron chi connectivity index (χ4n) is 7.90. The highest BCUT2D eigenvalue weighted by atomic mass is 31.2. The van der Waals surface area contributed by atoms with E-state index in [1.54, 1.807) is 0 Å². The highest BCUT2D eigenvalue weighted by Crippen LogP contribution is 2.46. The fourth-order valence-corrected chi connectivity index (χ4v) is 8.65. The first-order valence-electron chi connectivity index (χ1n) is 23.8. The van der Waals surface area contributed by atoms with Crippen LogP contribution < -0.4 is 4.74 Å². The molecule has 3 atom stereocenters. The lowest BCUT2D eigenvalue weighted by atomic mass is 9.86. The number of phosphoric acid groups is 1. The maximum atomic E-state index is 13.0. The number of hydrogen-bond donors (Lipinski definition) is 2. The number of carbonyl (C=O) groups excluding carboxylic acids is 2. The molecule has 342 valence electrons. The van der Waals surface area contributed by atoms with Crippen LogP contribution in [0.15, 0.2) is 0 Å². The molecule has 0 amide bonds. The third-order valence-electron chi connectivity index (χ3n) is 12.1. The molecular weight excluding hydrogens is 767 g/mol. The molecule has 2 rings (SSSR count). The van der Waals surface area contributed by atoms with Crippen molar-refractivity contribution >= 4 is 19.8 Å². The second kappa shape index (κ2) is 30.8. The van der Waals surface area contributed by atoms with E-state index in [9.17, 15) is 24.2 Å². The van der Waals surface area contributed by atoms with E-state index in [4.69, 9.17) is 23.3 Å². The smallest absolute Gasteiger partial charge is 0.472 e. The van der Waals surface area contributed by atoms with Gasteiger partial charge < -0.3 is 24.2 Å². The van der Waals surface area contributed by atoms with Crippen LogP contribution in [0.5, 0.6) is 11.5 Å². The number of benzene rings is 1. The molecule has 0 radical (unpaired) electrons. The molecule has 0 aliphatic carbocycles. The van der Waals surface area contributed by atoms with Crippen molar-refractivity contribution in [2.24, 2.45) is 0 Å². The Bertz CT molecular complexity index is 1370. The number of aromatic hydroxyl groups is 1. The summed E-state index contributed by atoms with van der Waals surface area (Å²) in [5.41, 5.74) is 2.79. The summed E-state index contributed by atoms with van der Waals surface area (Å²) in [6.45, 7) is 11.3. The summed E-state index contributed by atoms with van der Waals surface area (Å²) < 4.78 is 41.2. The number of unbranched alkanes of at least 4 members (excludes halogenated alkanes) is 22. The monoisotopic (exact) mass is 853 g/mol. The van der Waals surface area contributed by atoms with E-state index in [-0.39, 0.29) is 37.8 Å². The van der Waals surface area contributed by atoms with Crippen molar-refractivity contribution in [1.82, 2.24) is 0 Å². The minimum Gasteiger partial charge on any atom is -0.507 e. The fraction of sp³-hybridized carbons (Fsp3) is 0.833. The van der Waals surface area contributed by atoms with Crippen molar-refractivity contribution in [2.45, 2.75) is 239 Å². The molecule has 0 saturated heterocycles. The molecule has 1 aromatic rings. The first-order valence-corrected chi connectivity index (χ1v) is 25.3. The Labute approximate surface area is 359 Å². The maximum absolute atomic E-state index is 13.0. The number of carbonyl (C=O) groups is 2. The van der Waals surface area contributed by atoms with Gasteiger partial charge in [0.25, 0.3) is 0 Å². The van der Waals surface area contributed by atoms with Gasteiger partial charge in [0.1, 0.15) is 23.7 Å². The molecule has 1 aliphatic heterocycles. The normalized spacial score (nSPS) is 16.6. The van der Waals surface area contributed by atoms with Crippen molar-refractivity contribution in [3.63, 3.8) is 0 Å². The molecule has 0 bridgehead atoms. The number of fused-ring (bicyclic) bond motifs is 1. The molecule has 0 fully saturated rings. The Kier molecular flexibility index (Phi) is 27.7. The summed E-state index contributed by atoms with van der Waals surface area (Å²) >= 11 is 0. The maximum Gasteiger partial charge on any atom is 0.472 e. The van der Waals surface area contributed by atoms with Crippen LogP contribution in [0.3, 0.4) is 0 Å². The third kappa shape index (κ3) is 23.0. The van der Waals surface area contributed by atoms with Gasteiger partial charge in [-0.05, 0) is 70.1 Å². The van der Waals surface area contributed by atoms with E-state index >= 15 is 0 Å². The summed E-state index contributed by atoms with van der Waals surface area (Å²) in [6, 6.07) is 0. The topological polar surface area (TPSA) is 138 Å². The zero-order valence-corrected chi connectivity index (χ0v) is 39.2. The van der Waals surface area contributed by atoms with Crippen LogP contribution in [0, 0.1) is 20.8 Å². The standard InChI is InChI=1S/C48H85O10P/c1-7-9-11-13-15-17-19-20-22-24-26-28-30-32-45(50)57-42(37-54-44(49)31-29-27-25-23-21-18-16-14-12-10-8-2)38-56-59(52,53)55-36-35-48(6)34-33-43-41(5)46(51)39(3)40(4)47(43)58-48/h42,51H,7-38H2,1-6H3,(H,52,53)/t42-,48?/m1/s1. The van der Waals surface area contributed by atoms with Crippen LogP contribution in [-0.4, -0.2) is 53.5 Å². The largest absolute Gasteiger partial charge is 0.507 e. The Morgan fingerprint density at radius 1 is 0.661 bits per heavy atom. The molecule has 2 N–H and O–H groups in total. The van der Waals surface area contributed by atoms with Crippen LogP contribution in [0.25, 0.3) is 0 Å². The van der Waals surface area contributed by atoms with E-state index in [1.165, 1.54) is 109 Å². The number of phenols is 1. The molecule has 1 heterocycles. The molecule has 1 aliphatic rings. The second-order valence-corrected chi connectivity index (χ2v) is 19.0. The quantitative estimate of drug-likeness (QED) is 0.0381. The van der Waals surface area contributed by atoms with E-state index in [2.05, 4.69) is 13.8 Å². The summed E-state index contributed by atoms with van der Waals surface area (Å²) in [4.78, 5) is 36.1. The van der Waals surface area contributed by atoms with E-state index in [1.807, 2.05) is 27.7 Å². The number of phosphoric ester groups is 1. The SMILES string of the molecule is CCCCCCCCCCCCCCCC(=O)O[C@H](COC(=O)CCCCCCCCCCCCC)COP(=O)(O)OCCC1(C)CCc2c(C)c(O)c(C)c(C)c2O1. The third-order valence-corrected chi connectivity index (χ3v) is 13.1. The van der Waals surface area contributed by atoms with Gasteiger partial charge in [0.15, 0.2) is 6.10 Å². The van der Waals surface area contributed by atoms with Crippen molar-refractivity contribution < 1.29 is 47.4 Å². The summed E-state index contributed by atoms with van der Waals surface area (Å²) in [5.74, 6) is 0.197. The van der Waals surface area contributed by atoms with Crippen LogP contribution >= 0.6 is 7.82 Å². The van der Waals surface area contributed by atoms with Crippen molar-refractivity contribution in [3.8, 4) is 11.5 Å². The van der Waals surface area contributed by atoms with Gasteiger partial charge in [-0.15, -0.1) is 0 Å². The summed E-state index contributed by atoms with van der Waals surface area (Å²) in [5, 5.41) is 10.5.